The molecule has 38 heavy (non-hydrogen) atoms. The molecule has 0 radical (unpaired) electrons. The Morgan fingerprint density at radius 1 is 0.763 bits per heavy atom. The summed E-state index contributed by atoms with van der Waals surface area (Å²) in [6, 6.07) is 0. The minimum absolute atomic E-state index is 0.521. The molecule has 200 valence electrons. The van der Waals surface area contributed by atoms with Crippen LogP contribution in [-0.4, -0.2) is 6.21 Å². The second kappa shape index (κ2) is 12.2. The van der Waals surface area contributed by atoms with E-state index in [9.17, 15) is 0 Å². The average Bonchev–Trinajstić information content (AvgIpc) is 2.99. The minimum Gasteiger partial charge on any atom is -0.313 e. The quantitative estimate of drug-likeness (QED) is 0.202. The Morgan fingerprint density at radius 3 is 2.50 bits per heavy atom. The third-order valence-electron chi connectivity index (χ3n) is 10.5. The van der Waals surface area contributed by atoms with E-state index in [1.807, 2.05) is 5.57 Å². The van der Waals surface area contributed by atoms with Gasteiger partial charge in [-0.1, -0.05) is 90.0 Å². The van der Waals surface area contributed by atoms with E-state index in [2.05, 4.69) is 66.8 Å². The average molecular weight is 506 g/mol. The number of unbranched alkanes of at least 4 members (excludes halogenated alkanes) is 1. The van der Waals surface area contributed by atoms with E-state index in [0.29, 0.717) is 17.8 Å². The van der Waals surface area contributed by atoms with Crippen LogP contribution in [0.15, 0.2) is 94.7 Å². The molecule has 0 aliphatic heterocycles. The maximum Gasteiger partial charge on any atom is 0.00894 e. The zero-order valence-corrected chi connectivity index (χ0v) is 23.3. The van der Waals surface area contributed by atoms with Crippen molar-refractivity contribution >= 4 is 6.21 Å². The van der Waals surface area contributed by atoms with E-state index in [-0.39, 0.29) is 0 Å². The Balaban J connectivity index is 1.11. The summed E-state index contributed by atoms with van der Waals surface area (Å²) < 4.78 is 0. The third-order valence-corrected chi connectivity index (χ3v) is 10.5. The Hall–Kier alpha value is -2.41. The van der Waals surface area contributed by atoms with Gasteiger partial charge in [-0.15, -0.1) is 0 Å². The van der Waals surface area contributed by atoms with Crippen molar-refractivity contribution in [3.05, 3.63) is 94.7 Å². The summed E-state index contributed by atoms with van der Waals surface area (Å²) in [5.41, 5.74) is 8.61. The van der Waals surface area contributed by atoms with Gasteiger partial charge in [0.1, 0.15) is 0 Å². The molecular weight excluding hydrogens is 458 g/mol. The third kappa shape index (κ3) is 5.63. The fraction of sp³-hybridized carbons (Fsp3) is 0.541. The SMILES string of the molecule is N=CCC/C=C/C1C=CC(C2CCC(C3CC=C(C4CC=C5CCCCC5C4)CC3)=C3C=CC=CC32)=CC1. The summed E-state index contributed by atoms with van der Waals surface area (Å²) in [6.07, 6.45) is 46.3. The number of allylic oxidation sites excluding steroid dienone is 16. The first-order valence-corrected chi connectivity index (χ1v) is 15.8. The highest BCUT2D eigenvalue weighted by Gasteiger charge is 2.35. The van der Waals surface area contributed by atoms with Crippen molar-refractivity contribution in [1.29, 1.82) is 5.41 Å². The van der Waals surface area contributed by atoms with Crippen LogP contribution >= 0.6 is 0 Å². The van der Waals surface area contributed by atoms with Gasteiger partial charge >= 0.3 is 0 Å². The molecule has 0 saturated heterocycles. The van der Waals surface area contributed by atoms with Crippen LogP contribution in [0.3, 0.4) is 0 Å². The molecule has 1 heteroatoms. The second-order valence-electron chi connectivity index (χ2n) is 12.7. The highest BCUT2D eigenvalue weighted by Crippen LogP contribution is 2.49. The van der Waals surface area contributed by atoms with Crippen LogP contribution in [0.4, 0.5) is 0 Å². The van der Waals surface area contributed by atoms with Crippen molar-refractivity contribution in [2.45, 2.75) is 89.9 Å². The fourth-order valence-corrected chi connectivity index (χ4v) is 8.43. The molecule has 1 fully saturated rings. The highest BCUT2D eigenvalue weighted by atomic mass is 14.4. The molecule has 1 saturated carbocycles. The Labute approximate surface area is 231 Å². The Morgan fingerprint density at radius 2 is 1.66 bits per heavy atom. The van der Waals surface area contributed by atoms with Gasteiger partial charge in [0.05, 0.1) is 0 Å². The van der Waals surface area contributed by atoms with Gasteiger partial charge in [0.2, 0.25) is 0 Å². The van der Waals surface area contributed by atoms with E-state index in [1.165, 1.54) is 76.8 Å². The summed E-state index contributed by atoms with van der Waals surface area (Å²) in [4.78, 5) is 0. The normalized spacial score (nSPS) is 34.9. The number of nitrogens with one attached hydrogen (secondary N) is 1. The van der Waals surface area contributed by atoms with Crippen molar-refractivity contribution in [3.63, 3.8) is 0 Å². The van der Waals surface area contributed by atoms with Gasteiger partial charge in [-0.2, -0.15) is 0 Å². The molecule has 0 aromatic heterocycles. The molecule has 6 atom stereocenters. The van der Waals surface area contributed by atoms with Crippen molar-refractivity contribution in [1.82, 2.24) is 0 Å². The number of fused-ring (bicyclic) bond motifs is 2. The lowest BCUT2D eigenvalue weighted by molar-refractivity contribution is 0.339. The van der Waals surface area contributed by atoms with E-state index in [0.717, 1.165) is 37.0 Å². The molecule has 6 aliphatic rings. The molecule has 0 spiro atoms. The van der Waals surface area contributed by atoms with E-state index in [1.54, 1.807) is 22.3 Å². The Bertz CT molecular complexity index is 1130. The van der Waals surface area contributed by atoms with Crippen LogP contribution in [0, 0.1) is 40.9 Å². The van der Waals surface area contributed by atoms with E-state index < -0.39 is 0 Å². The monoisotopic (exact) mass is 505 g/mol. The zero-order valence-electron chi connectivity index (χ0n) is 23.3. The molecule has 0 aromatic carbocycles. The van der Waals surface area contributed by atoms with Crippen LogP contribution in [0.5, 0.6) is 0 Å². The summed E-state index contributed by atoms with van der Waals surface area (Å²) in [6.45, 7) is 0. The zero-order chi connectivity index (χ0) is 25.7. The van der Waals surface area contributed by atoms with Crippen molar-refractivity contribution in [2.75, 3.05) is 0 Å². The van der Waals surface area contributed by atoms with Gasteiger partial charge in [-0.25, -0.2) is 0 Å². The van der Waals surface area contributed by atoms with Crippen LogP contribution in [0.2, 0.25) is 0 Å². The predicted molar refractivity (Wildman–Crippen MR) is 162 cm³/mol. The van der Waals surface area contributed by atoms with Gasteiger partial charge < -0.3 is 5.41 Å². The lowest BCUT2D eigenvalue weighted by Crippen LogP contribution is -2.27. The number of hydrogen-bond acceptors (Lipinski definition) is 1. The van der Waals surface area contributed by atoms with E-state index in [4.69, 9.17) is 5.41 Å². The molecule has 6 aliphatic carbocycles. The van der Waals surface area contributed by atoms with Gasteiger partial charge in [0.25, 0.3) is 0 Å². The first kappa shape index (κ1) is 25.8. The van der Waals surface area contributed by atoms with Crippen LogP contribution in [0.25, 0.3) is 0 Å². The van der Waals surface area contributed by atoms with Gasteiger partial charge in [0, 0.05) is 5.92 Å². The summed E-state index contributed by atoms with van der Waals surface area (Å²) in [5.74, 6) is 4.20. The lowest BCUT2D eigenvalue weighted by Gasteiger charge is -2.40. The summed E-state index contributed by atoms with van der Waals surface area (Å²) in [7, 11) is 0. The molecular formula is C37H47N. The highest BCUT2D eigenvalue weighted by molar-refractivity contribution is 5.53. The van der Waals surface area contributed by atoms with Gasteiger partial charge in [-0.3, -0.25) is 0 Å². The Kier molecular flexibility index (Phi) is 8.29. The number of hydrogen-bond donors (Lipinski definition) is 1. The largest absolute Gasteiger partial charge is 0.313 e. The molecule has 0 aromatic rings. The predicted octanol–water partition coefficient (Wildman–Crippen LogP) is 10.2. The molecule has 0 heterocycles. The van der Waals surface area contributed by atoms with Gasteiger partial charge in [0.15, 0.2) is 0 Å². The standard InChI is InChI=1S/C37H47N/c38-25-7-1-2-8-27-13-15-30(16-14-27)34-23-24-35(37-12-6-5-11-36(34)37)31-20-17-29(18-21-31)33-22-19-28-9-3-4-10-32(28)26-33/h2,5-6,8,11-13,15-17,19,25,27,31-34,36,38H,1,3-4,7,9-10,14,18,20-24,26H2/b8-2+,38-25?. The number of rotatable bonds is 7. The topological polar surface area (TPSA) is 23.9 Å². The second-order valence-corrected chi connectivity index (χ2v) is 12.7. The smallest absolute Gasteiger partial charge is 0.00894 e. The van der Waals surface area contributed by atoms with Crippen LogP contribution < -0.4 is 0 Å². The molecule has 1 nitrogen and oxygen atoms in total. The van der Waals surface area contributed by atoms with Crippen molar-refractivity contribution in [3.8, 4) is 0 Å². The maximum atomic E-state index is 7.20. The molecule has 0 bridgehead atoms. The molecule has 1 N–H and O–H groups in total. The van der Waals surface area contributed by atoms with Crippen LogP contribution in [0.1, 0.15) is 89.9 Å². The van der Waals surface area contributed by atoms with Crippen LogP contribution in [-0.2, 0) is 0 Å². The fourth-order valence-electron chi connectivity index (χ4n) is 8.43. The van der Waals surface area contributed by atoms with E-state index >= 15 is 0 Å². The first-order valence-electron chi connectivity index (χ1n) is 15.8. The van der Waals surface area contributed by atoms with Gasteiger partial charge in [-0.05, 0) is 130 Å². The van der Waals surface area contributed by atoms with Crippen molar-refractivity contribution < 1.29 is 0 Å². The maximum absolute atomic E-state index is 7.20. The summed E-state index contributed by atoms with van der Waals surface area (Å²) in [5, 5.41) is 7.20. The summed E-state index contributed by atoms with van der Waals surface area (Å²) >= 11 is 0. The first-order chi connectivity index (χ1) is 18.8. The molecule has 0 amide bonds. The minimum atomic E-state index is 0.521. The lowest BCUT2D eigenvalue weighted by atomic mass is 9.65. The molecule has 6 rings (SSSR count). The van der Waals surface area contributed by atoms with Crippen molar-refractivity contribution in [2.24, 2.45) is 35.5 Å². The molecule has 6 unspecified atom stereocenters.